The van der Waals surface area contributed by atoms with Gasteiger partial charge in [0.1, 0.15) is 12.1 Å². The van der Waals surface area contributed by atoms with Crippen molar-refractivity contribution in [3.05, 3.63) is 96.1 Å². The zero-order valence-corrected chi connectivity index (χ0v) is 15.1. The molecule has 0 aliphatic carbocycles. The Morgan fingerprint density at radius 3 is 2.04 bits per heavy atom. The Morgan fingerprint density at radius 2 is 1.37 bits per heavy atom. The lowest BCUT2D eigenvalue weighted by molar-refractivity contribution is 0.0846. The van der Waals surface area contributed by atoms with E-state index in [1.165, 1.54) is 12.1 Å². The molecule has 0 fully saturated rings. The Kier molecular flexibility index (Phi) is 4.30. The van der Waals surface area contributed by atoms with Crippen LogP contribution in [0.4, 0.5) is 5.69 Å². The number of rotatable bonds is 4. The van der Waals surface area contributed by atoms with E-state index >= 15 is 0 Å². The summed E-state index contributed by atoms with van der Waals surface area (Å²) in [5, 5.41) is 10.8. The third-order valence-electron chi connectivity index (χ3n) is 4.67. The Bertz CT molecular complexity index is 1080. The highest BCUT2D eigenvalue weighted by Gasteiger charge is 2.48. The first-order chi connectivity index (χ1) is 13.0. The van der Waals surface area contributed by atoms with E-state index < -0.39 is 28.0 Å². The van der Waals surface area contributed by atoms with Crippen molar-refractivity contribution in [2.24, 2.45) is 0 Å². The number of hydrogen-bond acceptors (Lipinski definition) is 4. The number of carbonyl (C=O) groups is 1. The number of ketones is 1. The van der Waals surface area contributed by atoms with Crippen LogP contribution in [-0.4, -0.2) is 25.3 Å². The lowest BCUT2D eigenvalue weighted by atomic mass is 9.99. The van der Waals surface area contributed by atoms with E-state index in [1.54, 1.807) is 72.8 Å². The van der Waals surface area contributed by atoms with Gasteiger partial charge in [-0.1, -0.05) is 66.7 Å². The van der Waals surface area contributed by atoms with Gasteiger partial charge in [-0.25, -0.2) is 8.42 Å². The molecule has 0 aromatic heterocycles. The average Bonchev–Trinajstić information content (AvgIpc) is 3.02. The third-order valence-corrected chi connectivity index (χ3v) is 6.48. The van der Waals surface area contributed by atoms with Crippen molar-refractivity contribution in [1.29, 1.82) is 0 Å². The van der Waals surface area contributed by atoms with E-state index in [-0.39, 0.29) is 4.90 Å². The predicted octanol–water partition coefficient (Wildman–Crippen LogP) is 3.18. The van der Waals surface area contributed by atoms with Gasteiger partial charge in [0.2, 0.25) is 0 Å². The van der Waals surface area contributed by atoms with Gasteiger partial charge in [-0.2, -0.15) is 0 Å². The number of anilines is 1. The van der Waals surface area contributed by atoms with Gasteiger partial charge >= 0.3 is 0 Å². The van der Waals surface area contributed by atoms with E-state index in [2.05, 4.69) is 0 Å². The van der Waals surface area contributed by atoms with Gasteiger partial charge in [-0.15, -0.1) is 0 Å². The first-order valence-corrected chi connectivity index (χ1v) is 9.91. The second kappa shape index (κ2) is 6.64. The van der Waals surface area contributed by atoms with Gasteiger partial charge in [0.05, 0.1) is 10.6 Å². The van der Waals surface area contributed by atoms with Crippen molar-refractivity contribution in [3.8, 4) is 0 Å². The third kappa shape index (κ3) is 2.83. The summed E-state index contributed by atoms with van der Waals surface area (Å²) in [5.41, 5.74) is 1.09. The van der Waals surface area contributed by atoms with Gasteiger partial charge in [-0.3, -0.25) is 9.10 Å². The highest BCUT2D eigenvalue weighted by Crippen LogP contribution is 2.43. The molecular weight excluding hydrogens is 362 g/mol. The fourth-order valence-electron chi connectivity index (χ4n) is 3.39. The second-order valence-corrected chi connectivity index (χ2v) is 8.11. The molecule has 2 atom stereocenters. The quantitative estimate of drug-likeness (QED) is 0.707. The summed E-state index contributed by atoms with van der Waals surface area (Å²) in [7, 11) is -4.03. The van der Waals surface area contributed by atoms with Crippen LogP contribution in [0.1, 0.15) is 22.0 Å². The van der Waals surface area contributed by atoms with Crippen LogP contribution in [0.3, 0.4) is 0 Å². The molecule has 0 amide bonds. The summed E-state index contributed by atoms with van der Waals surface area (Å²) < 4.78 is 27.8. The lowest BCUT2D eigenvalue weighted by Gasteiger charge is -2.27. The number of benzene rings is 3. The van der Waals surface area contributed by atoms with E-state index in [1.807, 2.05) is 0 Å². The monoisotopic (exact) mass is 379 g/mol. The number of hydrogen-bond donors (Lipinski definition) is 1. The van der Waals surface area contributed by atoms with Crippen molar-refractivity contribution < 1.29 is 18.3 Å². The highest BCUT2D eigenvalue weighted by molar-refractivity contribution is 7.93. The first-order valence-electron chi connectivity index (χ1n) is 8.47. The zero-order chi connectivity index (χ0) is 19.0. The molecule has 3 aromatic rings. The van der Waals surface area contributed by atoms with Crippen LogP contribution in [0.15, 0.2) is 89.8 Å². The van der Waals surface area contributed by atoms with Crippen LogP contribution >= 0.6 is 0 Å². The van der Waals surface area contributed by atoms with Crippen LogP contribution in [-0.2, 0) is 10.0 Å². The van der Waals surface area contributed by atoms with Crippen LogP contribution in [0.25, 0.3) is 0 Å². The minimum absolute atomic E-state index is 0.0692. The SMILES string of the molecule is O=C(c1ccccc1)[C@H]1[C@H](O)c2ccccc2N1S(=O)(=O)c1ccccc1. The Hall–Kier alpha value is -2.96. The molecule has 0 saturated carbocycles. The molecule has 27 heavy (non-hydrogen) atoms. The molecule has 0 saturated heterocycles. The lowest BCUT2D eigenvalue weighted by Crippen LogP contribution is -2.44. The largest absolute Gasteiger partial charge is 0.386 e. The summed E-state index contributed by atoms with van der Waals surface area (Å²) >= 11 is 0. The maximum atomic E-state index is 13.4. The highest BCUT2D eigenvalue weighted by atomic mass is 32.2. The van der Waals surface area contributed by atoms with Gasteiger partial charge in [0.25, 0.3) is 10.0 Å². The molecule has 0 unspecified atom stereocenters. The standard InChI is InChI=1S/C21H17NO4S/c23-20(15-9-3-1-4-10-15)19-21(24)17-13-7-8-14-18(17)22(19)27(25,26)16-11-5-2-6-12-16/h1-14,19,21,24H/t19-,21+/m0/s1. The first kappa shape index (κ1) is 17.5. The van der Waals surface area contributed by atoms with Crippen LogP contribution in [0.2, 0.25) is 0 Å². The zero-order valence-electron chi connectivity index (χ0n) is 14.3. The van der Waals surface area contributed by atoms with Crippen LogP contribution in [0.5, 0.6) is 0 Å². The summed E-state index contributed by atoms with van der Waals surface area (Å²) in [6, 6.07) is 21.7. The number of Topliss-reactive ketones (excluding diaryl/α,β-unsaturated/α-hetero) is 1. The Morgan fingerprint density at radius 1 is 0.815 bits per heavy atom. The molecule has 4 rings (SSSR count). The molecular formula is C21H17NO4S. The van der Waals surface area contributed by atoms with Crippen molar-refractivity contribution in [3.63, 3.8) is 0 Å². The number of nitrogens with zero attached hydrogens (tertiary/aromatic N) is 1. The maximum absolute atomic E-state index is 13.4. The van der Waals surface area contributed by atoms with Crippen LogP contribution < -0.4 is 4.31 Å². The number of para-hydroxylation sites is 1. The van der Waals surface area contributed by atoms with Gasteiger partial charge in [-0.05, 0) is 18.2 Å². The van der Waals surface area contributed by atoms with Crippen LogP contribution in [0, 0.1) is 0 Å². The van der Waals surface area contributed by atoms with E-state index in [9.17, 15) is 18.3 Å². The van der Waals surface area contributed by atoms with Crippen molar-refractivity contribution in [2.45, 2.75) is 17.0 Å². The molecule has 0 bridgehead atoms. The molecule has 5 nitrogen and oxygen atoms in total. The Balaban J connectivity index is 1.89. The molecule has 1 N–H and O–H groups in total. The minimum Gasteiger partial charge on any atom is -0.386 e. The van der Waals surface area contributed by atoms with Crippen molar-refractivity contribution >= 4 is 21.5 Å². The summed E-state index contributed by atoms with van der Waals surface area (Å²) in [4.78, 5) is 13.2. The fourth-order valence-corrected chi connectivity index (χ4v) is 5.06. The van der Waals surface area contributed by atoms with E-state index in [0.717, 1.165) is 4.31 Å². The second-order valence-electron chi connectivity index (χ2n) is 6.29. The smallest absolute Gasteiger partial charge is 0.265 e. The van der Waals surface area contributed by atoms with E-state index in [4.69, 9.17) is 0 Å². The topological polar surface area (TPSA) is 74.7 Å². The number of aliphatic hydroxyl groups excluding tert-OH is 1. The predicted molar refractivity (Wildman–Crippen MR) is 102 cm³/mol. The minimum atomic E-state index is -4.03. The summed E-state index contributed by atoms with van der Waals surface area (Å²) in [6.45, 7) is 0. The molecule has 3 aromatic carbocycles. The molecule has 1 aliphatic heterocycles. The number of sulfonamides is 1. The normalized spacial score (nSPS) is 18.9. The molecule has 1 heterocycles. The van der Waals surface area contributed by atoms with Gasteiger partial charge in [0.15, 0.2) is 5.78 Å². The van der Waals surface area contributed by atoms with Crippen molar-refractivity contribution in [2.75, 3.05) is 4.31 Å². The molecule has 0 spiro atoms. The molecule has 6 heteroatoms. The molecule has 1 aliphatic rings. The van der Waals surface area contributed by atoms with Gasteiger partial charge in [0, 0.05) is 11.1 Å². The van der Waals surface area contributed by atoms with Crippen molar-refractivity contribution in [1.82, 2.24) is 0 Å². The average molecular weight is 379 g/mol. The fraction of sp³-hybridized carbons (Fsp3) is 0.0952. The molecule has 0 radical (unpaired) electrons. The Labute approximate surface area is 157 Å². The van der Waals surface area contributed by atoms with Gasteiger partial charge < -0.3 is 5.11 Å². The number of carbonyl (C=O) groups excluding carboxylic acids is 1. The summed E-state index contributed by atoms with van der Waals surface area (Å²) in [5.74, 6) is -0.446. The summed E-state index contributed by atoms with van der Waals surface area (Å²) in [6.07, 6.45) is -1.24. The number of aliphatic hydroxyl groups is 1. The molecule has 136 valence electrons. The number of fused-ring (bicyclic) bond motifs is 1. The van der Waals surface area contributed by atoms with E-state index in [0.29, 0.717) is 16.8 Å². The maximum Gasteiger partial charge on any atom is 0.265 e.